The second-order valence-electron chi connectivity index (χ2n) is 3.62. The van der Waals surface area contributed by atoms with E-state index >= 15 is 0 Å². The van der Waals surface area contributed by atoms with Gasteiger partial charge in [-0.2, -0.15) is 0 Å². The molecular formula is C12H17ClN2O3. The lowest BCUT2D eigenvalue weighted by Crippen LogP contribution is -2.24. The number of methoxy groups -OCH3 is 1. The zero-order valence-corrected chi connectivity index (χ0v) is 11.0. The first kappa shape index (κ1) is 14.8. The molecule has 1 aromatic carbocycles. The zero-order chi connectivity index (χ0) is 13.4. The van der Waals surface area contributed by atoms with Crippen LogP contribution in [0.1, 0.15) is 5.56 Å². The molecule has 18 heavy (non-hydrogen) atoms. The summed E-state index contributed by atoms with van der Waals surface area (Å²) in [5, 5.41) is 3.80. The Labute approximate surface area is 111 Å². The molecule has 0 aliphatic heterocycles. The fraction of sp³-hybridized carbons (Fsp3) is 0.417. The summed E-state index contributed by atoms with van der Waals surface area (Å²) >= 11 is 6.08. The first-order valence-electron chi connectivity index (χ1n) is 5.53. The van der Waals surface area contributed by atoms with E-state index in [-0.39, 0.29) is 6.61 Å². The van der Waals surface area contributed by atoms with Crippen LogP contribution in [-0.4, -0.2) is 32.8 Å². The number of nitrogens with two attached hydrogens (primary N) is 1. The molecule has 6 heteroatoms. The van der Waals surface area contributed by atoms with Crippen LogP contribution in [0.15, 0.2) is 18.2 Å². The van der Waals surface area contributed by atoms with Crippen molar-refractivity contribution < 1.29 is 14.3 Å². The molecule has 3 N–H and O–H groups in total. The highest BCUT2D eigenvalue weighted by Crippen LogP contribution is 2.25. The molecule has 0 atom stereocenters. The first-order valence-corrected chi connectivity index (χ1v) is 5.91. The van der Waals surface area contributed by atoms with Crippen molar-refractivity contribution in [2.75, 3.05) is 26.9 Å². The number of primary amides is 1. The van der Waals surface area contributed by atoms with Crippen LogP contribution in [0, 0.1) is 0 Å². The van der Waals surface area contributed by atoms with Gasteiger partial charge in [0.05, 0.1) is 13.7 Å². The summed E-state index contributed by atoms with van der Waals surface area (Å²) in [7, 11) is 1.60. The van der Waals surface area contributed by atoms with Crippen molar-refractivity contribution in [1.29, 1.82) is 0 Å². The lowest BCUT2D eigenvalue weighted by atomic mass is 10.2. The molecule has 0 spiro atoms. The molecule has 0 unspecified atom stereocenters. The van der Waals surface area contributed by atoms with E-state index in [2.05, 4.69) is 5.32 Å². The van der Waals surface area contributed by atoms with Gasteiger partial charge in [0.15, 0.2) is 0 Å². The number of benzene rings is 1. The van der Waals surface area contributed by atoms with Gasteiger partial charge in [-0.15, -0.1) is 0 Å². The second kappa shape index (κ2) is 7.92. The SMILES string of the molecule is COc1cccc(Cl)c1CNCCOCC(N)=O. The molecule has 5 nitrogen and oxygen atoms in total. The summed E-state index contributed by atoms with van der Waals surface area (Å²) < 4.78 is 10.2. The van der Waals surface area contributed by atoms with E-state index in [1.54, 1.807) is 7.11 Å². The van der Waals surface area contributed by atoms with E-state index in [4.69, 9.17) is 26.8 Å². The lowest BCUT2D eigenvalue weighted by Gasteiger charge is -2.11. The molecule has 0 bridgehead atoms. The Balaban J connectivity index is 2.33. The summed E-state index contributed by atoms with van der Waals surface area (Å²) in [6.45, 7) is 1.53. The fourth-order valence-corrected chi connectivity index (χ4v) is 1.66. The molecule has 0 aromatic heterocycles. The molecule has 1 rings (SSSR count). The zero-order valence-electron chi connectivity index (χ0n) is 10.2. The quantitative estimate of drug-likeness (QED) is 0.691. The largest absolute Gasteiger partial charge is 0.496 e. The maximum atomic E-state index is 10.4. The Morgan fingerprint density at radius 3 is 2.94 bits per heavy atom. The smallest absolute Gasteiger partial charge is 0.243 e. The van der Waals surface area contributed by atoms with E-state index < -0.39 is 5.91 Å². The van der Waals surface area contributed by atoms with E-state index in [1.165, 1.54) is 0 Å². The van der Waals surface area contributed by atoms with Gasteiger partial charge in [0.2, 0.25) is 5.91 Å². The maximum absolute atomic E-state index is 10.4. The van der Waals surface area contributed by atoms with Crippen molar-refractivity contribution in [1.82, 2.24) is 5.32 Å². The van der Waals surface area contributed by atoms with Crippen LogP contribution in [0.4, 0.5) is 0 Å². The number of hydrogen-bond donors (Lipinski definition) is 2. The van der Waals surface area contributed by atoms with E-state index in [9.17, 15) is 4.79 Å². The average Bonchev–Trinajstić information content (AvgIpc) is 2.34. The Kier molecular flexibility index (Phi) is 6.49. The fourth-order valence-electron chi connectivity index (χ4n) is 1.43. The molecule has 0 radical (unpaired) electrons. The summed E-state index contributed by atoms with van der Waals surface area (Å²) in [5.41, 5.74) is 5.84. The van der Waals surface area contributed by atoms with Gasteiger partial charge in [-0.05, 0) is 12.1 Å². The van der Waals surface area contributed by atoms with Gasteiger partial charge < -0.3 is 20.5 Å². The third-order valence-corrected chi connectivity index (χ3v) is 2.62. The molecule has 100 valence electrons. The minimum Gasteiger partial charge on any atom is -0.496 e. The summed E-state index contributed by atoms with van der Waals surface area (Å²) in [5.74, 6) is 0.274. The number of nitrogens with one attached hydrogen (secondary N) is 1. The molecule has 0 fully saturated rings. The third kappa shape index (κ3) is 4.91. The predicted octanol–water partition coefficient (Wildman–Crippen LogP) is 0.940. The van der Waals surface area contributed by atoms with Crippen LogP contribution in [0.3, 0.4) is 0 Å². The Morgan fingerprint density at radius 2 is 2.28 bits per heavy atom. The minimum atomic E-state index is -0.470. The predicted molar refractivity (Wildman–Crippen MR) is 69.7 cm³/mol. The van der Waals surface area contributed by atoms with Gasteiger partial charge >= 0.3 is 0 Å². The van der Waals surface area contributed by atoms with Gasteiger partial charge in [0, 0.05) is 23.7 Å². The highest BCUT2D eigenvalue weighted by atomic mass is 35.5. The van der Waals surface area contributed by atoms with E-state index in [1.807, 2.05) is 18.2 Å². The van der Waals surface area contributed by atoms with Crippen LogP contribution in [-0.2, 0) is 16.1 Å². The van der Waals surface area contributed by atoms with Crippen molar-refractivity contribution in [3.63, 3.8) is 0 Å². The van der Waals surface area contributed by atoms with Crippen LogP contribution >= 0.6 is 11.6 Å². The summed E-state index contributed by atoms with van der Waals surface area (Å²) in [6, 6.07) is 5.50. The van der Waals surface area contributed by atoms with Crippen LogP contribution in [0.2, 0.25) is 5.02 Å². The van der Waals surface area contributed by atoms with Crippen molar-refractivity contribution in [2.24, 2.45) is 5.73 Å². The van der Waals surface area contributed by atoms with Gasteiger partial charge in [-0.3, -0.25) is 4.79 Å². The maximum Gasteiger partial charge on any atom is 0.243 e. The van der Waals surface area contributed by atoms with Gasteiger partial charge in [-0.25, -0.2) is 0 Å². The van der Waals surface area contributed by atoms with Crippen molar-refractivity contribution in [2.45, 2.75) is 6.54 Å². The second-order valence-corrected chi connectivity index (χ2v) is 4.02. The molecule has 1 aromatic rings. The summed E-state index contributed by atoms with van der Waals surface area (Å²) in [6.07, 6.45) is 0. The summed E-state index contributed by atoms with van der Waals surface area (Å²) in [4.78, 5) is 10.4. The van der Waals surface area contributed by atoms with Gasteiger partial charge in [0.1, 0.15) is 12.4 Å². The lowest BCUT2D eigenvalue weighted by molar-refractivity contribution is -0.122. The number of halogens is 1. The Morgan fingerprint density at radius 1 is 1.50 bits per heavy atom. The van der Waals surface area contributed by atoms with Crippen molar-refractivity contribution in [3.05, 3.63) is 28.8 Å². The number of carbonyl (C=O) groups excluding carboxylic acids is 1. The molecule has 1 amide bonds. The minimum absolute atomic E-state index is 0.0584. The number of rotatable bonds is 8. The topological polar surface area (TPSA) is 73.6 Å². The number of amides is 1. The van der Waals surface area contributed by atoms with Gasteiger partial charge in [0.25, 0.3) is 0 Å². The molecule has 0 saturated carbocycles. The Bertz CT molecular complexity index is 399. The van der Waals surface area contributed by atoms with E-state index in [0.717, 1.165) is 11.3 Å². The van der Waals surface area contributed by atoms with Crippen LogP contribution in [0.25, 0.3) is 0 Å². The monoisotopic (exact) mass is 272 g/mol. The average molecular weight is 273 g/mol. The third-order valence-electron chi connectivity index (χ3n) is 2.27. The molecule has 0 saturated heterocycles. The highest BCUT2D eigenvalue weighted by Gasteiger charge is 2.06. The molecule has 0 heterocycles. The number of hydrogen-bond acceptors (Lipinski definition) is 4. The first-order chi connectivity index (χ1) is 8.65. The highest BCUT2D eigenvalue weighted by molar-refractivity contribution is 6.31. The molecular weight excluding hydrogens is 256 g/mol. The van der Waals surface area contributed by atoms with Crippen molar-refractivity contribution in [3.8, 4) is 5.75 Å². The van der Waals surface area contributed by atoms with Gasteiger partial charge in [-0.1, -0.05) is 17.7 Å². The number of ether oxygens (including phenoxy) is 2. The number of carbonyl (C=O) groups is 1. The Hall–Kier alpha value is -1.30. The van der Waals surface area contributed by atoms with E-state index in [0.29, 0.717) is 24.7 Å². The van der Waals surface area contributed by atoms with Crippen molar-refractivity contribution >= 4 is 17.5 Å². The van der Waals surface area contributed by atoms with Crippen LogP contribution < -0.4 is 15.8 Å². The van der Waals surface area contributed by atoms with Crippen LogP contribution in [0.5, 0.6) is 5.75 Å². The molecule has 0 aliphatic carbocycles. The standard InChI is InChI=1S/C12H17ClN2O3/c1-17-11-4-2-3-10(13)9(11)7-15-5-6-18-8-12(14)16/h2-4,15H,5-8H2,1H3,(H2,14,16). The normalized spacial score (nSPS) is 10.3. The molecule has 0 aliphatic rings.